The van der Waals surface area contributed by atoms with Crippen molar-refractivity contribution in [2.75, 3.05) is 24.3 Å². The zero-order valence-electron chi connectivity index (χ0n) is 21.8. The molecule has 190 valence electrons. The third-order valence-electron chi connectivity index (χ3n) is 6.59. The Balaban J connectivity index is 1.94. The highest BCUT2D eigenvalue weighted by Gasteiger charge is 2.28. The zero-order chi connectivity index (χ0) is 26.2. The fourth-order valence-electron chi connectivity index (χ4n) is 4.36. The van der Waals surface area contributed by atoms with E-state index in [-0.39, 0.29) is 23.8 Å². The van der Waals surface area contributed by atoms with E-state index in [0.717, 1.165) is 29.7 Å². The largest absolute Gasteiger partial charge is 0.377 e. The van der Waals surface area contributed by atoms with Crippen LogP contribution in [0.2, 0.25) is 5.02 Å². The lowest BCUT2D eigenvalue weighted by molar-refractivity contribution is -0.135. The van der Waals surface area contributed by atoms with Gasteiger partial charge in [0.05, 0.1) is 16.5 Å². The fraction of sp³-hybridized carbons (Fsp3) is 0.333. The number of halogens is 1. The molecule has 0 saturated heterocycles. The third kappa shape index (κ3) is 6.46. The molecule has 0 aliphatic heterocycles. The maximum Gasteiger partial charge on any atom is 0.257 e. The Morgan fingerprint density at radius 3 is 2.19 bits per heavy atom. The first-order valence-corrected chi connectivity index (χ1v) is 12.9. The molecule has 3 rings (SSSR count). The number of hydrogen-bond donors (Lipinski definition) is 1. The number of anilines is 2. The lowest BCUT2D eigenvalue weighted by Gasteiger charge is -2.33. The van der Waals surface area contributed by atoms with Crippen LogP contribution < -0.4 is 10.2 Å². The van der Waals surface area contributed by atoms with Gasteiger partial charge in [0, 0.05) is 38.1 Å². The average molecular weight is 506 g/mol. The number of carbonyl (C=O) groups excluding carboxylic acids is 2. The molecule has 36 heavy (non-hydrogen) atoms. The lowest BCUT2D eigenvalue weighted by Crippen LogP contribution is -2.41. The van der Waals surface area contributed by atoms with Crippen molar-refractivity contribution in [1.82, 2.24) is 4.90 Å². The van der Waals surface area contributed by atoms with Crippen LogP contribution in [-0.4, -0.2) is 36.9 Å². The molecule has 0 bridgehead atoms. The molecule has 0 aromatic heterocycles. The van der Waals surface area contributed by atoms with E-state index in [2.05, 4.69) is 26.1 Å². The van der Waals surface area contributed by atoms with Crippen LogP contribution >= 0.6 is 11.6 Å². The van der Waals surface area contributed by atoms with Crippen LogP contribution in [0.1, 0.15) is 61.0 Å². The highest BCUT2D eigenvalue weighted by atomic mass is 35.5. The van der Waals surface area contributed by atoms with Gasteiger partial charge in [-0.15, -0.1) is 0 Å². The number of amides is 2. The molecular weight excluding hydrogens is 470 g/mol. The van der Waals surface area contributed by atoms with Gasteiger partial charge in [-0.25, -0.2) is 0 Å². The monoisotopic (exact) mass is 505 g/mol. The van der Waals surface area contributed by atoms with Gasteiger partial charge in [0.1, 0.15) is 0 Å². The van der Waals surface area contributed by atoms with Gasteiger partial charge in [-0.1, -0.05) is 67.9 Å². The minimum atomic E-state index is -0.269. The van der Waals surface area contributed by atoms with E-state index >= 15 is 0 Å². The second-order valence-corrected chi connectivity index (χ2v) is 9.67. The molecule has 2 unspecified atom stereocenters. The van der Waals surface area contributed by atoms with Crippen molar-refractivity contribution in [3.63, 3.8) is 0 Å². The third-order valence-corrected chi connectivity index (χ3v) is 6.92. The molecule has 0 spiro atoms. The van der Waals surface area contributed by atoms with E-state index in [1.54, 1.807) is 24.3 Å². The summed E-state index contributed by atoms with van der Waals surface area (Å²) in [7, 11) is 3.96. The Bertz CT molecular complexity index is 1180. The zero-order valence-corrected chi connectivity index (χ0v) is 22.5. The summed E-state index contributed by atoms with van der Waals surface area (Å²) in [5.41, 5.74) is 4.08. The van der Waals surface area contributed by atoms with Crippen LogP contribution in [0.4, 0.5) is 11.4 Å². The smallest absolute Gasteiger partial charge is 0.257 e. The minimum Gasteiger partial charge on any atom is -0.377 e. The van der Waals surface area contributed by atoms with E-state index in [4.69, 9.17) is 11.6 Å². The molecule has 1 N–H and O–H groups in total. The van der Waals surface area contributed by atoms with Gasteiger partial charge in [0.2, 0.25) is 5.91 Å². The first-order valence-electron chi connectivity index (χ1n) is 12.5. The van der Waals surface area contributed by atoms with Gasteiger partial charge in [0.25, 0.3) is 5.91 Å². The number of carbonyl (C=O) groups is 2. The van der Waals surface area contributed by atoms with Crippen LogP contribution in [0.5, 0.6) is 0 Å². The SMILES string of the molecule is CCC(C(=O)N(Cc1cc(NC(=O)c2ccccc2Cl)ccc1N(C)C)C(C)CC)c1ccccc1. The molecule has 3 aromatic carbocycles. The molecule has 0 radical (unpaired) electrons. The van der Waals surface area contributed by atoms with Crippen LogP contribution in [0, 0.1) is 0 Å². The molecule has 0 saturated carbocycles. The van der Waals surface area contributed by atoms with Gasteiger partial charge in [-0.3, -0.25) is 9.59 Å². The summed E-state index contributed by atoms with van der Waals surface area (Å²) in [6, 6.07) is 22.8. The molecule has 2 amide bonds. The number of hydrogen-bond acceptors (Lipinski definition) is 3. The average Bonchev–Trinajstić information content (AvgIpc) is 2.88. The van der Waals surface area contributed by atoms with Crippen molar-refractivity contribution in [1.29, 1.82) is 0 Å². The van der Waals surface area contributed by atoms with Crippen molar-refractivity contribution < 1.29 is 9.59 Å². The van der Waals surface area contributed by atoms with E-state index in [0.29, 0.717) is 22.8 Å². The van der Waals surface area contributed by atoms with Gasteiger partial charge in [0.15, 0.2) is 0 Å². The molecule has 3 aromatic rings. The summed E-state index contributed by atoms with van der Waals surface area (Å²) in [4.78, 5) is 30.7. The molecule has 2 atom stereocenters. The number of nitrogens with zero attached hydrogens (tertiary/aromatic N) is 2. The van der Waals surface area contributed by atoms with Crippen LogP contribution in [0.25, 0.3) is 0 Å². The Kier molecular flexibility index (Phi) is 9.54. The van der Waals surface area contributed by atoms with E-state index in [1.165, 1.54) is 0 Å². The van der Waals surface area contributed by atoms with Crippen LogP contribution in [0.15, 0.2) is 72.8 Å². The Morgan fingerprint density at radius 2 is 1.58 bits per heavy atom. The van der Waals surface area contributed by atoms with Gasteiger partial charge >= 0.3 is 0 Å². The maximum atomic E-state index is 13.9. The van der Waals surface area contributed by atoms with Crippen LogP contribution in [-0.2, 0) is 11.3 Å². The summed E-state index contributed by atoms with van der Waals surface area (Å²) >= 11 is 6.22. The van der Waals surface area contributed by atoms with Crippen molar-refractivity contribution in [3.8, 4) is 0 Å². The van der Waals surface area contributed by atoms with Gasteiger partial charge < -0.3 is 15.1 Å². The van der Waals surface area contributed by atoms with E-state index < -0.39 is 0 Å². The van der Waals surface area contributed by atoms with Crippen molar-refractivity contribution in [3.05, 3.63) is 94.5 Å². The highest BCUT2D eigenvalue weighted by Crippen LogP contribution is 2.29. The Labute approximate surface area is 220 Å². The highest BCUT2D eigenvalue weighted by molar-refractivity contribution is 6.34. The normalized spacial score (nSPS) is 12.5. The topological polar surface area (TPSA) is 52.7 Å². The molecule has 6 heteroatoms. The quantitative estimate of drug-likeness (QED) is 0.323. The van der Waals surface area contributed by atoms with Crippen molar-refractivity contribution >= 4 is 34.8 Å². The first kappa shape index (κ1) is 27.3. The minimum absolute atomic E-state index is 0.0617. The molecule has 0 aliphatic carbocycles. The number of nitrogens with one attached hydrogen (secondary N) is 1. The van der Waals surface area contributed by atoms with Crippen LogP contribution in [0.3, 0.4) is 0 Å². The summed E-state index contributed by atoms with van der Waals surface area (Å²) in [6.07, 6.45) is 1.57. The molecule has 0 heterocycles. The van der Waals surface area contributed by atoms with Crippen molar-refractivity contribution in [2.24, 2.45) is 0 Å². The second-order valence-electron chi connectivity index (χ2n) is 9.27. The molecule has 0 fully saturated rings. The predicted octanol–water partition coefficient (Wildman–Crippen LogP) is 6.98. The van der Waals surface area contributed by atoms with Gasteiger partial charge in [-0.2, -0.15) is 0 Å². The standard InChI is InChI=1S/C30H36ClN3O2/c1-6-21(3)34(30(36)25(7-2)22-13-9-8-10-14-22)20-23-19-24(17-18-28(23)33(4)5)32-29(35)26-15-11-12-16-27(26)31/h8-19,21,25H,6-7,20H2,1-5H3,(H,32,35). The Morgan fingerprint density at radius 1 is 0.917 bits per heavy atom. The second kappa shape index (κ2) is 12.6. The van der Waals surface area contributed by atoms with Crippen molar-refractivity contribution in [2.45, 2.75) is 52.1 Å². The first-order chi connectivity index (χ1) is 17.3. The summed E-state index contributed by atoms with van der Waals surface area (Å²) in [5.74, 6) is -0.353. The summed E-state index contributed by atoms with van der Waals surface area (Å²) in [5, 5.41) is 3.37. The number of benzene rings is 3. The Hall–Kier alpha value is -3.31. The van der Waals surface area contributed by atoms with E-state index in [9.17, 15) is 9.59 Å². The summed E-state index contributed by atoms with van der Waals surface area (Å²) in [6.45, 7) is 6.69. The lowest BCUT2D eigenvalue weighted by atomic mass is 9.94. The van der Waals surface area contributed by atoms with E-state index in [1.807, 2.05) is 72.4 Å². The van der Waals surface area contributed by atoms with Gasteiger partial charge in [-0.05, 0) is 61.2 Å². The number of rotatable bonds is 10. The summed E-state index contributed by atoms with van der Waals surface area (Å²) < 4.78 is 0. The predicted molar refractivity (Wildman–Crippen MR) is 150 cm³/mol. The fourth-order valence-corrected chi connectivity index (χ4v) is 4.58. The molecule has 5 nitrogen and oxygen atoms in total. The molecular formula is C30H36ClN3O2. The maximum absolute atomic E-state index is 13.9. The molecule has 0 aliphatic rings.